The van der Waals surface area contributed by atoms with Crippen LogP contribution in [0.15, 0.2) is 0 Å². The van der Waals surface area contributed by atoms with Crippen molar-refractivity contribution in [2.24, 2.45) is 7.05 Å². The van der Waals surface area contributed by atoms with E-state index in [1.165, 1.54) is 0 Å². The summed E-state index contributed by atoms with van der Waals surface area (Å²) in [5.74, 6) is 3.60. The molecule has 0 aliphatic rings. The number of alkyl halides is 1. The van der Waals surface area contributed by atoms with E-state index in [-0.39, 0.29) is 0 Å². The molecule has 0 radical (unpaired) electrons. The summed E-state index contributed by atoms with van der Waals surface area (Å²) in [7, 11) is 2.00. The number of fused-ring (bicyclic) bond motifs is 1. The molecule has 2 rings (SSSR count). The first kappa shape index (κ1) is 15.7. The smallest absolute Gasteiger partial charge is 0.158 e. The predicted molar refractivity (Wildman–Crippen MR) is 87.8 cm³/mol. The third kappa shape index (κ3) is 2.84. The van der Waals surface area contributed by atoms with Crippen molar-refractivity contribution in [1.82, 2.24) is 19.3 Å². The van der Waals surface area contributed by atoms with Crippen LogP contribution in [0.2, 0.25) is 0 Å². The largest absolute Gasteiger partial charge is 0.308 e. The number of aryl methyl sites for hydroxylation is 2. The molecule has 2 aromatic rings. The van der Waals surface area contributed by atoms with E-state index >= 15 is 0 Å². The van der Waals surface area contributed by atoms with E-state index in [0.29, 0.717) is 11.9 Å². The number of halogens is 1. The van der Waals surface area contributed by atoms with Gasteiger partial charge in [0.05, 0.1) is 11.6 Å². The van der Waals surface area contributed by atoms with Gasteiger partial charge in [-0.05, 0) is 19.1 Å². The maximum atomic E-state index is 6.10. The molecule has 0 aromatic carbocycles. The van der Waals surface area contributed by atoms with Gasteiger partial charge in [-0.15, -0.1) is 11.6 Å². The highest BCUT2D eigenvalue weighted by molar-refractivity contribution is 7.99. The molecule has 1 unspecified atom stereocenters. The molecule has 112 valence electrons. The number of aromatic nitrogens is 4. The monoisotopic (exact) mass is 314 g/mol. The van der Waals surface area contributed by atoms with E-state index in [4.69, 9.17) is 16.6 Å². The summed E-state index contributed by atoms with van der Waals surface area (Å²) in [6, 6.07) is 0.378. The fraction of sp³-hybridized carbons (Fsp3) is 0.714. The van der Waals surface area contributed by atoms with Crippen molar-refractivity contribution in [3.8, 4) is 0 Å². The van der Waals surface area contributed by atoms with Crippen molar-refractivity contribution < 1.29 is 0 Å². The fourth-order valence-electron chi connectivity index (χ4n) is 2.57. The quantitative estimate of drug-likeness (QED) is 0.730. The molecule has 0 spiro atoms. The topological polar surface area (TPSA) is 35.6 Å². The SMILES string of the molecule is CCCc1nn(C)c2c1nc(CCl)n2C(C)CSCC. The van der Waals surface area contributed by atoms with Gasteiger partial charge in [-0.25, -0.2) is 4.98 Å². The van der Waals surface area contributed by atoms with Crippen LogP contribution in [-0.2, 0) is 19.3 Å². The zero-order chi connectivity index (χ0) is 14.7. The Bertz CT molecular complexity index is 575. The highest BCUT2D eigenvalue weighted by atomic mass is 35.5. The highest BCUT2D eigenvalue weighted by Crippen LogP contribution is 2.26. The molecule has 6 heteroatoms. The second-order valence-corrected chi connectivity index (χ2v) is 6.62. The Morgan fingerprint density at radius 1 is 1.35 bits per heavy atom. The van der Waals surface area contributed by atoms with Gasteiger partial charge < -0.3 is 4.57 Å². The molecular weight excluding hydrogens is 292 g/mol. The van der Waals surface area contributed by atoms with Gasteiger partial charge in [-0.2, -0.15) is 16.9 Å². The van der Waals surface area contributed by atoms with Crippen LogP contribution in [0.5, 0.6) is 0 Å². The third-order valence-corrected chi connectivity index (χ3v) is 4.79. The average Bonchev–Trinajstić information content (AvgIpc) is 2.95. The molecule has 0 N–H and O–H groups in total. The molecule has 2 heterocycles. The minimum Gasteiger partial charge on any atom is -0.308 e. The van der Waals surface area contributed by atoms with Gasteiger partial charge in [-0.1, -0.05) is 20.3 Å². The van der Waals surface area contributed by atoms with Crippen molar-refractivity contribution in [2.75, 3.05) is 11.5 Å². The van der Waals surface area contributed by atoms with Gasteiger partial charge in [0, 0.05) is 18.8 Å². The van der Waals surface area contributed by atoms with Crippen LogP contribution in [0.1, 0.15) is 44.8 Å². The lowest BCUT2D eigenvalue weighted by atomic mass is 10.2. The lowest BCUT2D eigenvalue weighted by Crippen LogP contribution is -2.13. The number of rotatable bonds is 7. The molecular formula is C14H23ClN4S. The van der Waals surface area contributed by atoms with Crippen LogP contribution in [0.4, 0.5) is 0 Å². The zero-order valence-electron chi connectivity index (χ0n) is 12.7. The molecule has 0 aliphatic carbocycles. The minimum absolute atomic E-state index is 0.378. The van der Waals surface area contributed by atoms with Crippen molar-refractivity contribution in [3.05, 3.63) is 11.5 Å². The second kappa shape index (κ2) is 6.85. The minimum atomic E-state index is 0.378. The molecule has 1 atom stereocenters. The number of thioether (sulfide) groups is 1. The summed E-state index contributed by atoms with van der Waals surface area (Å²) < 4.78 is 4.22. The molecule has 0 aliphatic heterocycles. The van der Waals surface area contributed by atoms with Gasteiger partial charge in [-0.3, -0.25) is 4.68 Å². The Hall–Kier alpha value is -0.680. The Kier molecular flexibility index (Phi) is 5.38. The van der Waals surface area contributed by atoms with Gasteiger partial charge in [0.15, 0.2) is 5.65 Å². The van der Waals surface area contributed by atoms with E-state index in [2.05, 4.69) is 30.4 Å². The van der Waals surface area contributed by atoms with E-state index < -0.39 is 0 Å². The first-order chi connectivity index (χ1) is 9.63. The normalized spacial score (nSPS) is 13.2. The molecule has 20 heavy (non-hydrogen) atoms. The number of hydrogen-bond acceptors (Lipinski definition) is 3. The third-order valence-electron chi connectivity index (χ3n) is 3.42. The van der Waals surface area contributed by atoms with E-state index in [0.717, 1.165) is 47.0 Å². The lowest BCUT2D eigenvalue weighted by molar-refractivity contribution is 0.583. The maximum Gasteiger partial charge on any atom is 0.158 e. The fourth-order valence-corrected chi connectivity index (χ4v) is 3.49. The van der Waals surface area contributed by atoms with Gasteiger partial charge >= 0.3 is 0 Å². The summed E-state index contributed by atoms with van der Waals surface area (Å²) in [5.41, 5.74) is 3.22. The molecule has 0 bridgehead atoms. The van der Waals surface area contributed by atoms with Gasteiger partial charge in [0.1, 0.15) is 11.3 Å². The van der Waals surface area contributed by atoms with Gasteiger partial charge in [0.25, 0.3) is 0 Å². The van der Waals surface area contributed by atoms with Gasteiger partial charge in [0.2, 0.25) is 0 Å². The summed E-state index contributed by atoms with van der Waals surface area (Å²) in [6.07, 6.45) is 2.05. The highest BCUT2D eigenvalue weighted by Gasteiger charge is 2.21. The van der Waals surface area contributed by atoms with Crippen LogP contribution in [0.3, 0.4) is 0 Å². The molecule has 4 nitrogen and oxygen atoms in total. The summed E-state index contributed by atoms with van der Waals surface area (Å²) >= 11 is 8.04. The van der Waals surface area contributed by atoms with Crippen molar-refractivity contribution in [3.63, 3.8) is 0 Å². The average molecular weight is 315 g/mol. The number of hydrogen-bond donors (Lipinski definition) is 0. The molecule has 0 saturated heterocycles. The van der Waals surface area contributed by atoms with E-state index in [9.17, 15) is 0 Å². The zero-order valence-corrected chi connectivity index (χ0v) is 14.3. The maximum absolute atomic E-state index is 6.10. The standard InChI is InChI=1S/C14H23ClN4S/c1-5-7-11-13-14(18(4)17-11)19(12(8-15)16-13)10(3)9-20-6-2/h10H,5-9H2,1-4H3. The van der Waals surface area contributed by atoms with Crippen LogP contribution in [0, 0.1) is 0 Å². The molecule has 2 aromatic heterocycles. The predicted octanol–water partition coefficient (Wildman–Crippen LogP) is 3.78. The summed E-state index contributed by atoms with van der Waals surface area (Å²) in [4.78, 5) is 4.74. The van der Waals surface area contributed by atoms with Crippen LogP contribution in [-0.4, -0.2) is 30.8 Å². The van der Waals surface area contributed by atoms with Crippen molar-refractivity contribution in [1.29, 1.82) is 0 Å². The summed E-state index contributed by atoms with van der Waals surface area (Å²) in [6.45, 7) is 6.58. The van der Waals surface area contributed by atoms with Crippen molar-refractivity contribution >= 4 is 34.5 Å². The molecule has 0 fully saturated rings. The second-order valence-electron chi connectivity index (χ2n) is 5.03. The number of nitrogens with zero attached hydrogens (tertiary/aromatic N) is 4. The van der Waals surface area contributed by atoms with E-state index in [1.807, 2.05) is 23.5 Å². The Morgan fingerprint density at radius 2 is 2.10 bits per heavy atom. The van der Waals surface area contributed by atoms with E-state index in [1.54, 1.807) is 0 Å². The number of imidazole rings is 1. The van der Waals surface area contributed by atoms with Crippen molar-refractivity contribution in [2.45, 2.75) is 45.5 Å². The Morgan fingerprint density at radius 3 is 2.70 bits per heavy atom. The van der Waals surface area contributed by atoms with Crippen LogP contribution in [0.25, 0.3) is 11.2 Å². The molecule has 0 amide bonds. The van der Waals surface area contributed by atoms with Crippen LogP contribution >= 0.6 is 23.4 Å². The molecule has 0 saturated carbocycles. The first-order valence-electron chi connectivity index (χ1n) is 7.20. The van der Waals surface area contributed by atoms with Crippen LogP contribution < -0.4 is 0 Å². The first-order valence-corrected chi connectivity index (χ1v) is 8.89. The summed E-state index contributed by atoms with van der Waals surface area (Å²) in [5, 5.41) is 4.62. The lowest BCUT2D eigenvalue weighted by Gasteiger charge is -2.16. The Balaban J connectivity index is 2.50. The Labute approximate surface area is 129 Å².